The summed E-state index contributed by atoms with van der Waals surface area (Å²) in [6.45, 7) is 0. The fourth-order valence-electron chi connectivity index (χ4n) is 1.02. The molecule has 0 amide bonds. The summed E-state index contributed by atoms with van der Waals surface area (Å²) >= 11 is 0. The van der Waals surface area contributed by atoms with Crippen LogP contribution in [-0.4, -0.2) is 18.2 Å². The maximum Gasteiger partial charge on any atom is 0.125 e. The first-order valence-electron chi connectivity index (χ1n) is 3.68. The van der Waals surface area contributed by atoms with Crippen molar-refractivity contribution >= 4 is 5.97 Å². The Balaban J connectivity index is 3.05. The standard InChI is InChI=1S/C9H10O4/c1-13-7-5-3-2-4-6(7)8(10)9(11)12/h2-5,8,10H,1H3,(H,11,12)/p-1. The van der Waals surface area contributed by atoms with Gasteiger partial charge in [0.15, 0.2) is 0 Å². The van der Waals surface area contributed by atoms with Gasteiger partial charge in [-0.25, -0.2) is 0 Å². The van der Waals surface area contributed by atoms with E-state index in [0.717, 1.165) is 0 Å². The lowest BCUT2D eigenvalue weighted by atomic mass is 10.1. The molecule has 0 radical (unpaired) electrons. The second kappa shape index (κ2) is 3.91. The van der Waals surface area contributed by atoms with Gasteiger partial charge in [0.2, 0.25) is 0 Å². The average molecular weight is 181 g/mol. The summed E-state index contributed by atoms with van der Waals surface area (Å²) in [6, 6.07) is 6.34. The number of aliphatic hydroxyl groups is 1. The van der Waals surface area contributed by atoms with Crippen molar-refractivity contribution in [3.05, 3.63) is 29.8 Å². The monoisotopic (exact) mass is 181 g/mol. The number of aliphatic carboxylic acids is 1. The normalized spacial score (nSPS) is 12.2. The van der Waals surface area contributed by atoms with Crippen molar-refractivity contribution in [1.82, 2.24) is 0 Å². The van der Waals surface area contributed by atoms with Crippen LogP contribution in [0.5, 0.6) is 5.75 Å². The third-order valence-electron chi connectivity index (χ3n) is 1.66. The van der Waals surface area contributed by atoms with Crippen molar-refractivity contribution in [3.8, 4) is 5.75 Å². The van der Waals surface area contributed by atoms with E-state index in [1.165, 1.54) is 13.2 Å². The molecule has 1 unspecified atom stereocenters. The minimum Gasteiger partial charge on any atom is -0.547 e. The molecule has 1 aromatic carbocycles. The maximum absolute atomic E-state index is 10.4. The zero-order valence-corrected chi connectivity index (χ0v) is 7.06. The SMILES string of the molecule is COc1ccccc1C(O)C(=O)[O-]. The van der Waals surface area contributed by atoms with Gasteiger partial charge in [-0.15, -0.1) is 0 Å². The highest BCUT2D eigenvalue weighted by molar-refractivity contribution is 5.73. The predicted octanol–water partition coefficient (Wildman–Crippen LogP) is -0.522. The van der Waals surface area contributed by atoms with Gasteiger partial charge < -0.3 is 19.7 Å². The van der Waals surface area contributed by atoms with Crippen LogP contribution in [0.25, 0.3) is 0 Å². The summed E-state index contributed by atoms with van der Waals surface area (Å²) in [5.74, 6) is -1.20. The Labute approximate surface area is 75.4 Å². The van der Waals surface area contributed by atoms with E-state index in [9.17, 15) is 9.90 Å². The molecule has 1 aromatic rings. The number of carboxylic acids is 1. The molecule has 1 rings (SSSR count). The maximum atomic E-state index is 10.4. The molecule has 0 spiro atoms. The summed E-state index contributed by atoms with van der Waals surface area (Å²) in [6.07, 6.45) is -1.64. The second-order valence-electron chi connectivity index (χ2n) is 2.46. The molecule has 0 saturated carbocycles. The molecule has 1 atom stereocenters. The van der Waals surface area contributed by atoms with Crippen LogP contribution in [0.15, 0.2) is 24.3 Å². The third kappa shape index (κ3) is 1.97. The van der Waals surface area contributed by atoms with Gasteiger partial charge in [0, 0.05) is 5.56 Å². The molecular weight excluding hydrogens is 172 g/mol. The van der Waals surface area contributed by atoms with Gasteiger partial charge >= 0.3 is 0 Å². The van der Waals surface area contributed by atoms with Gasteiger partial charge in [0.25, 0.3) is 0 Å². The molecule has 4 heteroatoms. The van der Waals surface area contributed by atoms with Crippen LogP contribution in [-0.2, 0) is 4.79 Å². The number of methoxy groups -OCH3 is 1. The number of carbonyl (C=O) groups excluding carboxylic acids is 1. The van der Waals surface area contributed by atoms with Crippen molar-refractivity contribution in [2.75, 3.05) is 7.11 Å². The van der Waals surface area contributed by atoms with Gasteiger partial charge in [-0.2, -0.15) is 0 Å². The second-order valence-corrected chi connectivity index (χ2v) is 2.46. The smallest absolute Gasteiger partial charge is 0.125 e. The van der Waals surface area contributed by atoms with Crippen LogP contribution in [0, 0.1) is 0 Å². The Morgan fingerprint density at radius 1 is 1.54 bits per heavy atom. The van der Waals surface area contributed by atoms with E-state index in [-0.39, 0.29) is 5.56 Å². The van der Waals surface area contributed by atoms with Crippen molar-refractivity contribution in [1.29, 1.82) is 0 Å². The number of para-hydroxylation sites is 1. The zero-order chi connectivity index (χ0) is 9.84. The van der Waals surface area contributed by atoms with E-state index >= 15 is 0 Å². The number of carboxylic acid groups (broad SMARTS) is 1. The summed E-state index contributed by atoms with van der Waals surface area (Å²) in [7, 11) is 1.40. The number of hydrogen-bond donors (Lipinski definition) is 1. The molecule has 0 saturated heterocycles. The molecule has 0 aromatic heterocycles. The molecule has 0 fully saturated rings. The minimum absolute atomic E-state index is 0.199. The van der Waals surface area contributed by atoms with Gasteiger partial charge in [-0.1, -0.05) is 18.2 Å². The van der Waals surface area contributed by atoms with E-state index in [2.05, 4.69) is 0 Å². The lowest BCUT2D eigenvalue weighted by Gasteiger charge is -2.14. The largest absolute Gasteiger partial charge is 0.547 e. The lowest BCUT2D eigenvalue weighted by molar-refractivity contribution is -0.315. The first-order valence-corrected chi connectivity index (χ1v) is 3.68. The Kier molecular flexibility index (Phi) is 2.87. The van der Waals surface area contributed by atoms with Gasteiger partial charge in [-0.3, -0.25) is 0 Å². The first-order chi connectivity index (χ1) is 6.16. The number of rotatable bonds is 3. The molecule has 1 N–H and O–H groups in total. The third-order valence-corrected chi connectivity index (χ3v) is 1.66. The fourth-order valence-corrected chi connectivity index (χ4v) is 1.02. The Hall–Kier alpha value is -1.55. The van der Waals surface area contributed by atoms with Crippen LogP contribution >= 0.6 is 0 Å². The molecule has 13 heavy (non-hydrogen) atoms. The predicted molar refractivity (Wildman–Crippen MR) is 43.0 cm³/mol. The molecule has 70 valence electrons. The number of carbonyl (C=O) groups is 1. The number of hydrogen-bond acceptors (Lipinski definition) is 4. The first kappa shape index (κ1) is 9.54. The van der Waals surface area contributed by atoms with Crippen LogP contribution in [0.1, 0.15) is 11.7 Å². The molecule has 0 bridgehead atoms. The Morgan fingerprint density at radius 2 is 2.15 bits per heavy atom. The molecule has 0 aliphatic heterocycles. The van der Waals surface area contributed by atoms with Crippen molar-refractivity contribution in [2.45, 2.75) is 6.10 Å². The van der Waals surface area contributed by atoms with Crippen molar-refractivity contribution in [2.24, 2.45) is 0 Å². The quantitative estimate of drug-likeness (QED) is 0.681. The highest BCUT2D eigenvalue weighted by Crippen LogP contribution is 2.23. The summed E-state index contributed by atoms with van der Waals surface area (Å²) < 4.78 is 4.87. The molecule has 0 heterocycles. The zero-order valence-electron chi connectivity index (χ0n) is 7.06. The van der Waals surface area contributed by atoms with E-state index in [4.69, 9.17) is 9.84 Å². The number of aliphatic hydroxyl groups excluding tert-OH is 1. The Bertz CT molecular complexity index is 308. The van der Waals surface area contributed by atoms with Crippen LogP contribution in [0.2, 0.25) is 0 Å². The number of benzene rings is 1. The van der Waals surface area contributed by atoms with Gasteiger partial charge in [-0.05, 0) is 6.07 Å². The van der Waals surface area contributed by atoms with Gasteiger partial charge in [0.1, 0.15) is 11.9 Å². The number of ether oxygens (including phenoxy) is 1. The van der Waals surface area contributed by atoms with Crippen molar-refractivity contribution < 1.29 is 19.7 Å². The highest BCUT2D eigenvalue weighted by atomic mass is 16.5. The average Bonchev–Trinajstić information content (AvgIpc) is 2.16. The van der Waals surface area contributed by atoms with Crippen LogP contribution < -0.4 is 9.84 Å². The molecule has 0 aliphatic carbocycles. The van der Waals surface area contributed by atoms with E-state index < -0.39 is 12.1 Å². The molecule has 0 aliphatic rings. The van der Waals surface area contributed by atoms with E-state index in [0.29, 0.717) is 5.75 Å². The minimum atomic E-state index is -1.64. The van der Waals surface area contributed by atoms with Crippen LogP contribution in [0.3, 0.4) is 0 Å². The van der Waals surface area contributed by atoms with Gasteiger partial charge in [0.05, 0.1) is 13.1 Å². The lowest BCUT2D eigenvalue weighted by Crippen LogP contribution is -2.29. The highest BCUT2D eigenvalue weighted by Gasteiger charge is 2.12. The van der Waals surface area contributed by atoms with Crippen LogP contribution in [0.4, 0.5) is 0 Å². The summed E-state index contributed by atoms with van der Waals surface area (Å²) in [5, 5.41) is 19.5. The Morgan fingerprint density at radius 3 is 2.69 bits per heavy atom. The van der Waals surface area contributed by atoms with Crippen molar-refractivity contribution in [3.63, 3.8) is 0 Å². The molecular formula is C9H9O4-. The molecule has 4 nitrogen and oxygen atoms in total. The van der Waals surface area contributed by atoms with E-state index in [1.54, 1.807) is 18.2 Å². The summed E-state index contributed by atoms with van der Waals surface area (Å²) in [5.41, 5.74) is 0.199. The van der Waals surface area contributed by atoms with E-state index in [1.807, 2.05) is 0 Å². The topological polar surface area (TPSA) is 69.6 Å². The fraction of sp³-hybridized carbons (Fsp3) is 0.222. The summed E-state index contributed by atoms with van der Waals surface area (Å²) in [4.78, 5) is 10.4.